The van der Waals surface area contributed by atoms with E-state index in [9.17, 15) is 4.79 Å². The van der Waals surface area contributed by atoms with E-state index in [0.717, 1.165) is 65.8 Å². The van der Waals surface area contributed by atoms with Crippen LogP contribution in [0.15, 0.2) is 36.8 Å². The highest BCUT2D eigenvalue weighted by atomic mass is 16.5. The third-order valence-electron chi connectivity index (χ3n) is 6.72. The summed E-state index contributed by atoms with van der Waals surface area (Å²) >= 11 is 0. The van der Waals surface area contributed by atoms with Crippen LogP contribution in [0.2, 0.25) is 0 Å². The Balaban J connectivity index is 1.34. The van der Waals surface area contributed by atoms with Crippen LogP contribution in [-0.2, 0) is 11.2 Å². The minimum absolute atomic E-state index is 0.0725. The van der Waals surface area contributed by atoms with Gasteiger partial charge < -0.3 is 10.1 Å². The largest absolute Gasteiger partial charge is 0.381 e. The zero-order valence-corrected chi connectivity index (χ0v) is 18.1. The number of nitrogens with zero attached hydrogens (tertiary/aromatic N) is 4. The van der Waals surface area contributed by atoms with Crippen LogP contribution in [0.3, 0.4) is 0 Å². The van der Waals surface area contributed by atoms with E-state index < -0.39 is 0 Å². The van der Waals surface area contributed by atoms with E-state index in [2.05, 4.69) is 28.6 Å². The van der Waals surface area contributed by atoms with E-state index >= 15 is 0 Å². The predicted octanol–water partition coefficient (Wildman–Crippen LogP) is 3.68. The van der Waals surface area contributed by atoms with E-state index in [-0.39, 0.29) is 11.9 Å². The Hall–Kier alpha value is -3.06. The Kier molecular flexibility index (Phi) is 4.98. The maximum absolute atomic E-state index is 13.0. The van der Waals surface area contributed by atoms with Crippen molar-refractivity contribution in [1.29, 1.82) is 0 Å². The first-order valence-electron chi connectivity index (χ1n) is 11.7. The molecule has 0 spiro atoms. The van der Waals surface area contributed by atoms with Gasteiger partial charge >= 0.3 is 0 Å². The van der Waals surface area contributed by atoms with Crippen LogP contribution in [0.5, 0.6) is 0 Å². The molecule has 1 saturated heterocycles. The summed E-state index contributed by atoms with van der Waals surface area (Å²) in [5, 5.41) is 7.56. The first-order valence-corrected chi connectivity index (χ1v) is 11.7. The lowest BCUT2D eigenvalue weighted by Crippen LogP contribution is -2.38. The van der Waals surface area contributed by atoms with Crippen LogP contribution in [0.4, 0.5) is 0 Å². The molecular formula is C25H27N5O2. The number of hydrogen-bond acceptors (Lipinski definition) is 5. The molecule has 0 aromatic carbocycles. The standard InChI is InChI=1S/C25H27N5O2/c31-25(28-18-8-11-32-12-9-18)21-15-27-30-10-7-17(13-23(21)30)19-3-1-2-4-22-20(19)14-26-24(29-22)16-5-6-16/h3,7,10,13-16,18H,1-2,4-6,8-9,11-12H2,(H,28,31). The highest BCUT2D eigenvalue weighted by Crippen LogP contribution is 2.39. The molecule has 164 valence electrons. The predicted molar refractivity (Wildman–Crippen MR) is 121 cm³/mol. The van der Waals surface area contributed by atoms with E-state index in [4.69, 9.17) is 14.7 Å². The number of carbonyl (C=O) groups excluding carboxylic acids is 1. The van der Waals surface area contributed by atoms with Gasteiger partial charge in [-0.2, -0.15) is 5.10 Å². The Bertz CT molecular complexity index is 1200. The number of aromatic nitrogens is 4. The first kappa shape index (κ1) is 19.6. The Labute approximate surface area is 186 Å². The summed E-state index contributed by atoms with van der Waals surface area (Å²) in [5.74, 6) is 1.48. The zero-order valence-electron chi connectivity index (χ0n) is 18.1. The molecule has 7 nitrogen and oxygen atoms in total. The van der Waals surface area contributed by atoms with Crippen LogP contribution >= 0.6 is 0 Å². The molecule has 0 unspecified atom stereocenters. The van der Waals surface area contributed by atoms with Crippen LogP contribution in [0, 0.1) is 0 Å². The molecule has 6 rings (SSSR count). The summed E-state index contributed by atoms with van der Waals surface area (Å²) in [6.07, 6.45) is 15.1. The van der Waals surface area contributed by atoms with Crippen molar-refractivity contribution in [3.05, 3.63) is 65.0 Å². The molecule has 1 N–H and O–H groups in total. The molecule has 3 aromatic rings. The quantitative estimate of drug-likeness (QED) is 0.684. The van der Waals surface area contributed by atoms with Crippen LogP contribution in [0.1, 0.15) is 77.4 Å². The summed E-state index contributed by atoms with van der Waals surface area (Å²) < 4.78 is 7.17. The summed E-state index contributed by atoms with van der Waals surface area (Å²) in [7, 11) is 0. The number of allylic oxidation sites excluding steroid dienone is 1. The Morgan fingerprint density at radius 1 is 1.16 bits per heavy atom. The molecule has 7 heteroatoms. The fourth-order valence-electron chi connectivity index (χ4n) is 4.71. The van der Waals surface area contributed by atoms with Gasteiger partial charge in [0, 0.05) is 43.1 Å². The number of amides is 1. The van der Waals surface area contributed by atoms with Crippen molar-refractivity contribution >= 4 is 17.0 Å². The van der Waals surface area contributed by atoms with Gasteiger partial charge in [0.25, 0.3) is 5.91 Å². The highest BCUT2D eigenvalue weighted by molar-refractivity contribution is 6.01. The Morgan fingerprint density at radius 3 is 2.88 bits per heavy atom. The number of rotatable bonds is 4. The fraction of sp³-hybridized carbons (Fsp3) is 0.440. The topological polar surface area (TPSA) is 81.4 Å². The molecule has 3 aliphatic rings. The van der Waals surface area contributed by atoms with Gasteiger partial charge in [-0.15, -0.1) is 0 Å². The van der Waals surface area contributed by atoms with E-state index in [1.54, 1.807) is 10.7 Å². The monoisotopic (exact) mass is 429 g/mol. The van der Waals surface area contributed by atoms with E-state index in [1.807, 2.05) is 12.4 Å². The highest BCUT2D eigenvalue weighted by Gasteiger charge is 2.28. The minimum Gasteiger partial charge on any atom is -0.381 e. The van der Waals surface area contributed by atoms with Gasteiger partial charge in [-0.05, 0) is 68.2 Å². The molecule has 1 saturated carbocycles. The lowest BCUT2D eigenvalue weighted by Gasteiger charge is -2.22. The van der Waals surface area contributed by atoms with Gasteiger partial charge in [0.2, 0.25) is 0 Å². The molecule has 1 amide bonds. The molecule has 4 heterocycles. The normalized spacial score (nSPS) is 19.3. The summed E-state index contributed by atoms with van der Waals surface area (Å²) in [5.41, 5.74) is 5.91. The van der Waals surface area contributed by atoms with Crippen molar-refractivity contribution < 1.29 is 9.53 Å². The first-order chi connectivity index (χ1) is 15.8. The second-order valence-electron chi connectivity index (χ2n) is 9.04. The number of fused-ring (bicyclic) bond motifs is 2. The molecular weight excluding hydrogens is 402 g/mol. The fourth-order valence-corrected chi connectivity index (χ4v) is 4.71. The molecule has 1 aliphatic heterocycles. The molecule has 3 aromatic heterocycles. The third kappa shape index (κ3) is 3.71. The molecule has 0 bridgehead atoms. The van der Waals surface area contributed by atoms with Gasteiger partial charge in [-0.3, -0.25) is 4.79 Å². The van der Waals surface area contributed by atoms with Crippen LogP contribution in [-0.4, -0.2) is 44.7 Å². The molecule has 32 heavy (non-hydrogen) atoms. The average molecular weight is 430 g/mol. The van der Waals surface area contributed by atoms with Gasteiger partial charge in [0.15, 0.2) is 0 Å². The zero-order chi connectivity index (χ0) is 21.5. The third-order valence-corrected chi connectivity index (χ3v) is 6.72. The lowest BCUT2D eigenvalue weighted by molar-refractivity contribution is 0.0697. The number of carbonyl (C=O) groups is 1. The van der Waals surface area contributed by atoms with E-state index in [1.165, 1.54) is 12.8 Å². The molecule has 0 radical (unpaired) electrons. The second-order valence-corrected chi connectivity index (χ2v) is 9.04. The SMILES string of the molecule is O=C(NC1CCOCC1)c1cnn2ccc(C3=CCCCc4nc(C5CC5)ncc43)cc12. The number of nitrogens with one attached hydrogen (secondary N) is 1. The Morgan fingerprint density at radius 2 is 2.03 bits per heavy atom. The lowest BCUT2D eigenvalue weighted by atomic mass is 9.98. The molecule has 0 atom stereocenters. The van der Waals surface area contributed by atoms with Crippen molar-refractivity contribution in [2.75, 3.05) is 13.2 Å². The van der Waals surface area contributed by atoms with Crippen LogP contribution < -0.4 is 5.32 Å². The number of ether oxygens (including phenoxy) is 1. The minimum atomic E-state index is -0.0725. The number of hydrogen-bond donors (Lipinski definition) is 1. The summed E-state index contributed by atoms with van der Waals surface area (Å²) in [6.45, 7) is 1.39. The van der Waals surface area contributed by atoms with Crippen molar-refractivity contribution in [2.24, 2.45) is 0 Å². The van der Waals surface area contributed by atoms with Gasteiger partial charge in [-0.1, -0.05) is 6.08 Å². The maximum atomic E-state index is 13.0. The van der Waals surface area contributed by atoms with Crippen molar-refractivity contribution in [2.45, 2.75) is 56.9 Å². The maximum Gasteiger partial charge on any atom is 0.255 e. The number of pyridine rings is 1. The van der Waals surface area contributed by atoms with Crippen LogP contribution in [0.25, 0.3) is 11.1 Å². The van der Waals surface area contributed by atoms with E-state index in [0.29, 0.717) is 24.7 Å². The summed E-state index contributed by atoms with van der Waals surface area (Å²) in [6, 6.07) is 4.29. The second kappa shape index (κ2) is 8.13. The number of aryl methyl sites for hydroxylation is 1. The summed E-state index contributed by atoms with van der Waals surface area (Å²) in [4.78, 5) is 22.6. The van der Waals surface area contributed by atoms with Crippen molar-refractivity contribution in [1.82, 2.24) is 24.9 Å². The smallest absolute Gasteiger partial charge is 0.255 e. The van der Waals surface area contributed by atoms with Crippen molar-refractivity contribution in [3.8, 4) is 0 Å². The average Bonchev–Trinajstić information content (AvgIpc) is 3.61. The molecule has 2 aliphatic carbocycles. The van der Waals surface area contributed by atoms with Gasteiger partial charge in [0.05, 0.1) is 23.0 Å². The van der Waals surface area contributed by atoms with Crippen molar-refractivity contribution in [3.63, 3.8) is 0 Å². The van der Waals surface area contributed by atoms with Gasteiger partial charge in [0.1, 0.15) is 5.82 Å². The van der Waals surface area contributed by atoms with Gasteiger partial charge in [-0.25, -0.2) is 14.5 Å². The molecule has 2 fully saturated rings.